The molecule has 0 bridgehead atoms. The quantitative estimate of drug-likeness (QED) is 0.787. The van der Waals surface area contributed by atoms with E-state index in [1.54, 1.807) is 11.4 Å². The van der Waals surface area contributed by atoms with Crippen LogP contribution < -0.4 is 5.32 Å². The number of hydrogen-bond acceptors (Lipinski definition) is 4. The van der Waals surface area contributed by atoms with Crippen molar-refractivity contribution in [2.45, 2.75) is 26.9 Å². The first-order valence-electron chi connectivity index (χ1n) is 5.47. The summed E-state index contributed by atoms with van der Waals surface area (Å²) in [6, 6.07) is 1.57. The van der Waals surface area contributed by atoms with Gasteiger partial charge in [-0.3, -0.25) is 9.59 Å². The summed E-state index contributed by atoms with van der Waals surface area (Å²) in [4.78, 5) is 23.2. The predicted molar refractivity (Wildman–Crippen MR) is 67.5 cm³/mol. The number of ketones is 1. The third-order valence-corrected chi connectivity index (χ3v) is 3.40. The molecule has 1 aromatic heterocycles. The van der Waals surface area contributed by atoms with E-state index < -0.39 is 6.10 Å². The molecule has 0 spiro atoms. The summed E-state index contributed by atoms with van der Waals surface area (Å²) in [5, 5.41) is 13.9. The molecule has 5 heteroatoms. The van der Waals surface area contributed by atoms with Crippen LogP contribution >= 0.6 is 11.3 Å². The number of amides is 1. The van der Waals surface area contributed by atoms with Gasteiger partial charge in [0.25, 0.3) is 5.91 Å². The molecule has 0 aromatic carbocycles. The Kier molecular flexibility index (Phi) is 4.84. The van der Waals surface area contributed by atoms with Gasteiger partial charge < -0.3 is 10.4 Å². The average Bonchev–Trinajstić information content (AvgIpc) is 2.74. The second-order valence-corrected chi connectivity index (χ2v) is 5.19. The monoisotopic (exact) mass is 255 g/mol. The molecule has 0 saturated carbocycles. The van der Waals surface area contributed by atoms with Crippen molar-refractivity contribution in [1.82, 2.24) is 5.32 Å². The lowest BCUT2D eigenvalue weighted by Gasteiger charge is -2.14. The van der Waals surface area contributed by atoms with Gasteiger partial charge in [0.2, 0.25) is 0 Å². The van der Waals surface area contributed by atoms with Crippen LogP contribution in [0.25, 0.3) is 0 Å². The van der Waals surface area contributed by atoms with Crippen molar-refractivity contribution >= 4 is 23.0 Å². The van der Waals surface area contributed by atoms with Gasteiger partial charge in [-0.15, -0.1) is 11.3 Å². The molecule has 0 aliphatic carbocycles. The Morgan fingerprint density at radius 2 is 2.12 bits per heavy atom. The molecule has 1 aromatic rings. The molecule has 0 fully saturated rings. The van der Waals surface area contributed by atoms with Crippen molar-refractivity contribution in [2.75, 3.05) is 6.54 Å². The second kappa shape index (κ2) is 5.93. The average molecular weight is 255 g/mol. The van der Waals surface area contributed by atoms with Gasteiger partial charge in [-0.1, -0.05) is 13.8 Å². The van der Waals surface area contributed by atoms with Crippen LogP contribution in [0.15, 0.2) is 11.4 Å². The lowest BCUT2D eigenvalue weighted by Crippen LogP contribution is -2.34. The standard InChI is InChI=1S/C12H17NO3S/c1-7(2)10(15)5-13-12(16)11-4-9(6-17-11)8(3)14/h4,6-7,10,15H,5H2,1-3H3,(H,13,16). The molecular weight excluding hydrogens is 238 g/mol. The molecular formula is C12H17NO3S. The zero-order valence-corrected chi connectivity index (χ0v) is 11.0. The fourth-order valence-corrected chi connectivity index (χ4v) is 2.02. The fourth-order valence-electron chi connectivity index (χ4n) is 1.16. The first-order chi connectivity index (χ1) is 7.91. The van der Waals surface area contributed by atoms with Crippen LogP contribution in [0.4, 0.5) is 0 Å². The Balaban J connectivity index is 2.55. The molecule has 0 radical (unpaired) electrons. The molecule has 17 heavy (non-hydrogen) atoms. The molecule has 4 nitrogen and oxygen atoms in total. The molecule has 1 rings (SSSR count). The SMILES string of the molecule is CC(=O)c1csc(C(=O)NCC(O)C(C)C)c1. The van der Waals surface area contributed by atoms with E-state index in [0.717, 1.165) is 0 Å². The zero-order valence-electron chi connectivity index (χ0n) is 10.2. The van der Waals surface area contributed by atoms with Crippen molar-refractivity contribution in [1.29, 1.82) is 0 Å². The predicted octanol–water partition coefficient (Wildman–Crippen LogP) is 1.70. The third kappa shape index (κ3) is 3.94. The van der Waals surface area contributed by atoms with Crippen LogP contribution in [0.1, 0.15) is 40.8 Å². The molecule has 1 heterocycles. The highest BCUT2D eigenvalue weighted by molar-refractivity contribution is 7.12. The third-order valence-electron chi connectivity index (χ3n) is 2.47. The van der Waals surface area contributed by atoms with E-state index in [1.807, 2.05) is 13.8 Å². The van der Waals surface area contributed by atoms with Crippen LogP contribution in [0.2, 0.25) is 0 Å². The number of Topliss-reactive ketones (excluding diaryl/α,β-unsaturated/α-hetero) is 1. The van der Waals surface area contributed by atoms with Gasteiger partial charge in [-0.25, -0.2) is 0 Å². The minimum atomic E-state index is -0.550. The maximum absolute atomic E-state index is 11.7. The van der Waals surface area contributed by atoms with Crippen LogP contribution in [0, 0.1) is 5.92 Å². The zero-order chi connectivity index (χ0) is 13.0. The maximum Gasteiger partial charge on any atom is 0.261 e. The lowest BCUT2D eigenvalue weighted by molar-refractivity contribution is 0.0875. The number of hydrogen-bond donors (Lipinski definition) is 2. The fraction of sp³-hybridized carbons (Fsp3) is 0.500. The van der Waals surface area contributed by atoms with Crippen molar-refractivity contribution in [2.24, 2.45) is 5.92 Å². The van der Waals surface area contributed by atoms with E-state index in [-0.39, 0.29) is 24.2 Å². The van der Waals surface area contributed by atoms with Gasteiger partial charge in [0.05, 0.1) is 11.0 Å². The van der Waals surface area contributed by atoms with Gasteiger partial charge >= 0.3 is 0 Å². The molecule has 0 saturated heterocycles. The van der Waals surface area contributed by atoms with Gasteiger partial charge in [0, 0.05) is 17.5 Å². The second-order valence-electron chi connectivity index (χ2n) is 4.28. The number of carbonyl (C=O) groups is 2. The van der Waals surface area contributed by atoms with Gasteiger partial charge in [-0.05, 0) is 18.9 Å². The number of nitrogens with one attached hydrogen (secondary N) is 1. The summed E-state index contributed by atoms with van der Waals surface area (Å²) in [5.74, 6) is -0.198. The number of carbonyl (C=O) groups excluding carboxylic acids is 2. The van der Waals surface area contributed by atoms with E-state index in [0.29, 0.717) is 10.4 Å². The maximum atomic E-state index is 11.7. The smallest absolute Gasteiger partial charge is 0.261 e. The number of aliphatic hydroxyl groups is 1. The highest BCUT2D eigenvalue weighted by atomic mass is 32.1. The summed E-state index contributed by atoms with van der Waals surface area (Å²) >= 11 is 1.23. The number of thiophene rings is 1. The van der Waals surface area contributed by atoms with Crippen LogP contribution in [-0.4, -0.2) is 29.4 Å². The molecule has 1 unspecified atom stereocenters. The molecule has 0 aliphatic heterocycles. The van der Waals surface area contributed by atoms with Crippen molar-refractivity contribution in [3.05, 3.63) is 21.9 Å². The minimum absolute atomic E-state index is 0.0532. The minimum Gasteiger partial charge on any atom is -0.391 e. The highest BCUT2D eigenvalue weighted by Gasteiger charge is 2.14. The van der Waals surface area contributed by atoms with Gasteiger partial charge in [0.15, 0.2) is 5.78 Å². The van der Waals surface area contributed by atoms with Gasteiger partial charge in [-0.2, -0.15) is 0 Å². The Morgan fingerprint density at radius 3 is 2.59 bits per heavy atom. The summed E-state index contributed by atoms with van der Waals surface area (Å²) in [7, 11) is 0. The van der Waals surface area contributed by atoms with Crippen LogP contribution in [0.3, 0.4) is 0 Å². The van der Waals surface area contributed by atoms with Crippen molar-refractivity contribution < 1.29 is 14.7 Å². The van der Waals surface area contributed by atoms with E-state index in [2.05, 4.69) is 5.32 Å². The first kappa shape index (κ1) is 13.9. The summed E-state index contributed by atoms with van der Waals surface area (Å²) < 4.78 is 0. The number of aliphatic hydroxyl groups excluding tert-OH is 1. The molecule has 2 N–H and O–H groups in total. The first-order valence-corrected chi connectivity index (χ1v) is 6.35. The van der Waals surface area contributed by atoms with Crippen molar-refractivity contribution in [3.8, 4) is 0 Å². The van der Waals surface area contributed by atoms with Crippen LogP contribution in [-0.2, 0) is 0 Å². The molecule has 1 atom stereocenters. The molecule has 0 aliphatic rings. The Labute approximate surface area is 105 Å². The highest BCUT2D eigenvalue weighted by Crippen LogP contribution is 2.15. The Bertz CT molecular complexity index is 412. The number of rotatable bonds is 5. The molecule has 1 amide bonds. The van der Waals surface area contributed by atoms with Crippen molar-refractivity contribution in [3.63, 3.8) is 0 Å². The summed E-state index contributed by atoms with van der Waals surface area (Å²) in [6.07, 6.45) is -0.550. The van der Waals surface area contributed by atoms with Crippen LogP contribution in [0.5, 0.6) is 0 Å². The summed E-state index contributed by atoms with van der Waals surface area (Å²) in [6.45, 7) is 5.46. The topological polar surface area (TPSA) is 66.4 Å². The van der Waals surface area contributed by atoms with E-state index in [1.165, 1.54) is 18.3 Å². The lowest BCUT2D eigenvalue weighted by atomic mass is 10.1. The Morgan fingerprint density at radius 1 is 1.47 bits per heavy atom. The Hall–Kier alpha value is -1.20. The summed E-state index contributed by atoms with van der Waals surface area (Å²) in [5.41, 5.74) is 0.546. The van der Waals surface area contributed by atoms with E-state index in [4.69, 9.17) is 0 Å². The van der Waals surface area contributed by atoms with E-state index >= 15 is 0 Å². The largest absolute Gasteiger partial charge is 0.391 e. The van der Waals surface area contributed by atoms with E-state index in [9.17, 15) is 14.7 Å². The molecule has 94 valence electrons. The normalized spacial score (nSPS) is 12.5. The van der Waals surface area contributed by atoms with Gasteiger partial charge in [0.1, 0.15) is 0 Å².